The van der Waals surface area contributed by atoms with Gasteiger partial charge in [-0.25, -0.2) is 0 Å². The van der Waals surface area contributed by atoms with Crippen molar-refractivity contribution in [3.63, 3.8) is 0 Å². The number of fused-ring (bicyclic) bond motifs is 11. The maximum absolute atomic E-state index is 6.84. The van der Waals surface area contributed by atoms with Gasteiger partial charge in [0.2, 0.25) is 0 Å². The molecule has 0 bridgehead atoms. The van der Waals surface area contributed by atoms with Gasteiger partial charge in [0.15, 0.2) is 0 Å². The van der Waals surface area contributed by atoms with Crippen LogP contribution in [-0.4, -0.2) is 15.8 Å². The van der Waals surface area contributed by atoms with E-state index in [-0.39, 0.29) is 6.71 Å². The van der Waals surface area contributed by atoms with Crippen molar-refractivity contribution in [3.8, 4) is 45.1 Å². The van der Waals surface area contributed by atoms with Crippen LogP contribution in [0.5, 0.6) is 11.5 Å². The van der Waals surface area contributed by atoms with Gasteiger partial charge in [-0.1, -0.05) is 133 Å². The van der Waals surface area contributed by atoms with E-state index in [9.17, 15) is 0 Å². The van der Waals surface area contributed by atoms with E-state index in [1.807, 2.05) is 0 Å². The second kappa shape index (κ2) is 10.4. The standard InChI is InChI=1S/C48H29BN2O/c1-3-13-30(14-4-1)32-17-11-18-34(27-32)50-40-21-9-7-19-35(40)37-29-39-48-45(47(37)50)36-20-8-10-22-41(36)51(48)42-23-12-24-43-46(42)49(39)38-26-25-33(28-44(38)52-43)31-15-5-2-6-16-31/h1-29H. The minimum Gasteiger partial charge on any atom is -0.458 e. The van der Waals surface area contributed by atoms with E-state index in [2.05, 4.69) is 185 Å². The molecule has 0 spiro atoms. The first-order valence-electron chi connectivity index (χ1n) is 18.0. The minimum atomic E-state index is 0.0204. The van der Waals surface area contributed by atoms with Crippen molar-refractivity contribution in [3.05, 3.63) is 176 Å². The summed E-state index contributed by atoms with van der Waals surface area (Å²) in [6.45, 7) is 0.0204. The van der Waals surface area contributed by atoms with E-state index in [1.165, 1.54) is 82.4 Å². The summed E-state index contributed by atoms with van der Waals surface area (Å²) in [6, 6.07) is 63.9. The SMILES string of the molecule is c1ccc(-c2cccc(-n3c4ccccc4c4cc5c6c(c7ccccc7n6-c6cccc7c6B5c5ccc(-c6ccccc6)cc5O7)c43)c2)cc1. The molecular formula is C48H29BN2O. The topological polar surface area (TPSA) is 19.1 Å². The Balaban J connectivity index is 1.22. The maximum Gasteiger partial charge on any atom is 0.256 e. The molecule has 0 saturated carbocycles. The third-order valence-electron chi connectivity index (χ3n) is 11.3. The van der Waals surface area contributed by atoms with Gasteiger partial charge < -0.3 is 13.9 Å². The molecule has 0 N–H and O–H groups in total. The predicted molar refractivity (Wildman–Crippen MR) is 217 cm³/mol. The molecule has 12 rings (SSSR count). The van der Waals surface area contributed by atoms with E-state index in [0.717, 1.165) is 22.7 Å². The highest BCUT2D eigenvalue weighted by molar-refractivity contribution is 6.99. The number of para-hydroxylation sites is 2. The molecule has 8 aromatic carbocycles. The number of hydrogen-bond acceptors (Lipinski definition) is 1. The van der Waals surface area contributed by atoms with Crippen LogP contribution in [0.1, 0.15) is 0 Å². The zero-order chi connectivity index (χ0) is 33.9. The Hall–Kier alpha value is -6.78. The molecule has 2 aliphatic rings. The first kappa shape index (κ1) is 28.0. The van der Waals surface area contributed by atoms with E-state index in [0.29, 0.717) is 0 Å². The molecular weight excluding hydrogens is 631 g/mol. The van der Waals surface area contributed by atoms with Crippen LogP contribution in [0.2, 0.25) is 0 Å². The lowest BCUT2D eigenvalue weighted by atomic mass is 9.34. The van der Waals surface area contributed by atoms with Crippen molar-refractivity contribution >= 4 is 66.7 Å². The number of hydrogen-bond donors (Lipinski definition) is 0. The largest absolute Gasteiger partial charge is 0.458 e. The Morgan fingerprint density at radius 2 is 1.06 bits per heavy atom. The molecule has 0 unspecified atom stereocenters. The average molecular weight is 661 g/mol. The summed E-state index contributed by atoms with van der Waals surface area (Å²) >= 11 is 0. The van der Waals surface area contributed by atoms with Gasteiger partial charge >= 0.3 is 0 Å². The van der Waals surface area contributed by atoms with Crippen molar-refractivity contribution < 1.29 is 4.74 Å². The van der Waals surface area contributed by atoms with E-state index in [4.69, 9.17) is 4.74 Å². The van der Waals surface area contributed by atoms with Crippen molar-refractivity contribution in [2.24, 2.45) is 0 Å². The van der Waals surface area contributed by atoms with Gasteiger partial charge in [0.1, 0.15) is 11.5 Å². The third-order valence-corrected chi connectivity index (χ3v) is 11.3. The first-order valence-corrected chi connectivity index (χ1v) is 18.0. The molecule has 0 aliphatic carbocycles. The van der Waals surface area contributed by atoms with Crippen molar-refractivity contribution in [1.82, 2.24) is 9.13 Å². The second-order valence-electron chi connectivity index (χ2n) is 14.0. The molecule has 4 heteroatoms. The number of ether oxygens (including phenoxy) is 1. The van der Waals surface area contributed by atoms with Crippen LogP contribution in [0.15, 0.2) is 176 Å². The van der Waals surface area contributed by atoms with Gasteiger partial charge in [-0.2, -0.15) is 0 Å². The van der Waals surface area contributed by atoms with Crippen LogP contribution in [0.4, 0.5) is 0 Å². The van der Waals surface area contributed by atoms with E-state index >= 15 is 0 Å². The minimum absolute atomic E-state index is 0.0204. The lowest BCUT2D eigenvalue weighted by molar-refractivity contribution is 0.487. The first-order chi connectivity index (χ1) is 25.8. The van der Waals surface area contributed by atoms with Crippen LogP contribution < -0.4 is 21.1 Å². The van der Waals surface area contributed by atoms with Gasteiger partial charge in [0.05, 0.1) is 22.1 Å². The van der Waals surface area contributed by atoms with Gasteiger partial charge in [0.25, 0.3) is 6.71 Å². The number of aromatic nitrogens is 2. The normalized spacial score (nSPS) is 12.7. The molecule has 3 nitrogen and oxygen atoms in total. The average Bonchev–Trinajstić information content (AvgIpc) is 3.73. The smallest absolute Gasteiger partial charge is 0.256 e. The van der Waals surface area contributed by atoms with Crippen molar-refractivity contribution in [2.75, 3.05) is 0 Å². The fourth-order valence-corrected chi connectivity index (χ4v) is 9.20. The summed E-state index contributed by atoms with van der Waals surface area (Å²) in [6.07, 6.45) is 0. The van der Waals surface area contributed by atoms with Gasteiger partial charge in [-0.3, -0.25) is 0 Å². The fourth-order valence-electron chi connectivity index (χ4n) is 9.20. The Bertz CT molecular complexity index is 3100. The van der Waals surface area contributed by atoms with Crippen LogP contribution in [0, 0.1) is 0 Å². The quantitative estimate of drug-likeness (QED) is 0.173. The molecule has 0 saturated heterocycles. The number of rotatable bonds is 3. The molecule has 2 aliphatic heterocycles. The molecule has 4 heterocycles. The number of nitrogens with zero attached hydrogens (tertiary/aromatic N) is 2. The zero-order valence-corrected chi connectivity index (χ0v) is 28.1. The van der Waals surface area contributed by atoms with E-state index < -0.39 is 0 Å². The monoisotopic (exact) mass is 660 g/mol. The molecule has 0 atom stereocenters. The highest BCUT2D eigenvalue weighted by atomic mass is 16.5. The zero-order valence-electron chi connectivity index (χ0n) is 28.1. The summed E-state index contributed by atoms with van der Waals surface area (Å²) in [5, 5.41) is 5.06. The molecule has 0 fully saturated rings. The highest BCUT2D eigenvalue weighted by Crippen LogP contribution is 2.44. The molecule has 0 amide bonds. The predicted octanol–water partition coefficient (Wildman–Crippen LogP) is 10.2. The Morgan fingerprint density at radius 1 is 0.404 bits per heavy atom. The van der Waals surface area contributed by atoms with Gasteiger partial charge in [-0.15, -0.1) is 0 Å². The van der Waals surface area contributed by atoms with Crippen LogP contribution >= 0.6 is 0 Å². The molecule has 2 aromatic heterocycles. The summed E-state index contributed by atoms with van der Waals surface area (Å²) < 4.78 is 11.8. The van der Waals surface area contributed by atoms with Crippen LogP contribution in [0.25, 0.3) is 77.2 Å². The summed E-state index contributed by atoms with van der Waals surface area (Å²) in [5.41, 5.74) is 15.8. The summed E-state index contributed by atoms with van der Waals surface area (Å²) in [4.78, 5) is 0. The lowest BCUT2D eigenvalue weighted by Gasteiger charge is -2.33. The van der Waals surface area contributed by atoms with Crippen molar-refractivity contribution in [2.45, 2.75) is 0 Å². The van der Waals surface area contributed by atoms with Gasteiger partial charge in [0, 0.05) is 32.9 Å². The van der Waals surface area contributed by atoms with Crippen LogP contribution in [0.3, 0.4) is 0 Å². The van der Waals surface area contributed by atoms with Crippen molar-refractivity contribution in [1.29, 1.82) is 0 Å². The number of benzene rings is 8. The second-order valence-corrected chi connectivity index (χ2v) is 14.0. The van der Waals surface area contributed by atoms with Gasteiger partial charge in [-0.05, 0) is 81.1 Å². The summed E-state index contributed by atoms with van der Waals surface area (Å²) in [5.74, 6) is 1.85. The summed E-state index contributed by atoms with van der Waals surface area (Å²) in [7, 11) is 0. The Morgan fingerprint density at radius 3 is 1.85 bits per heavy atom. The molecule has 10 aromatic rings. The maximum atomic E-state index is 6.84. The lowest BCUT2D eigenvalue weighted by Crippen LogP contribution is -2.58. The molecule has 240 valence electrons. The Labute approximate surface area is 300 Å². The van der Waals surface area contributed by atoms with Crippen LogP contribution in [-0.2, 0) is 0 Å². The fraction of sp³-hybridized carbons (Fsp3) is 0. The Kier molecular flexibility index (Phi) is 5.58. The molecule has 52 heavy (non-hydrogen) atoms. The third kappa shape index (κ3) is 3.71. The molecule has 0 radical (unpaired) electrons. The van der Waals surface area contributed by atoms with E-state index in [1.54, 1.807) is 0 Å². The highest BCUT2D eigenvalue weighted by Gasteiger charge is 2.41.